The van der Waals surface area contributed by atoms with Gasteiger partial charge >= 0.3 is 0 Å². The van der Waals surface area contributed by atoms with Gasteiger partial charge in [-0.2, -0.15) is 0 Å². The highest BCUT2D eigenvalue weighted by atomic mass is 35.5. The molecule has 0 fully saturated rings. The molecule has 0 aliphatic heterocycles. The maximum absolute atomic E-state index is 8.22. The van der Waals surface area contributed by atoms with E-state index >= 15 is 0 Å². The molecular weight excluding hydrogens is 176 g/mol. The molecule has 2 N–H and O–H groups in total. The number of rotatable bonds is 2. The molecule has 1 rings (SSSR count). The van der Waals surface area contributed by atoms with Crippen molar-refractivity contribution in [1.82, 2.24) is 5.48 Å². The number of aryl methyl sites for hydroxylation is 1. The van der Waals surface area contributed by atoms with E-state index < -0.39 is 0 Å². The normalized spacial score (nSPS) is 10.6. The first-order valence-electron chi connectivity index (χ1n) is 3.42. The number of aliphatic imine (C=N–C) groups is 1. The van der Waals surface area contributed by atoms with E-state index in [1.165, 1.54) is 6.34 Å². The molecule has 0 spiro atoms. The van der Waals surface area contributed by atoms with Crippen LogP contribution >= 0.6 is 11.6 Å². The highest BCUT2D eigenvalue weighted by Gasteiger charge is 1.94. The molecule has 0 atom stereocenters. The second-order valence-electron chi connectivity index (χ2n) is 2.32. The Morgan fingerprint density at radius 2 is 2.33 bits per heavy atom. The molecule has 0 saturated heterocycles. The van der Waals surface area contributed by atoms with E-state index in [1.54, 1.807) is 6.07 Å². The minimum absolute atomic E-state index is 0.669. The Bertz CT molecular complexity index is 299. The van der Waals surface area contributed by atoms with E-state index in [4.69, 9.17) is 16.8 Å². The van der Waals surface area contributed by atoms with Crippen LogP contribution in [0.1, 0.15) is 5.56 Å². The highest BCUT2D eigenvalue weighted by molar-refractivity contribution is 6.31. The Morgan fingerprint density at radius 1 is 1.58 bits per heavy atom. The molecule has 64 valence electrons. The van der Waals surface area contributed by atoms with Crippen LogP contribution in [0.15, 0.2) is 23.2 Å². The Hall–Kier alpha value is -1.06. The van der Waals surface area contributed by atoms with E-state index in [0.29, 0.717) is 10.7 Å². The van der Waals surface area contributed by atoms with E-state index in [0.717, 1.165) is 5.56 Å². The van der Waals surface area contributed by atoms with E-state index in [9.17, 15) is 0 Å². The summed E-state index contributed by atoms with van der Waals surface area (Å²) in [5.74, 6) is 0. The van der Waals surface area contributed by atoms with Crippen LogP contribution in [0.3, 0.4) is 0 Å². The molecule has 0 aromatic heterocycles. The van der Waals surface area contributed by atoms with Gasteiger partial charge in [-0.05, 0) is 24.6 Å². The second kappa shape index (κ2) is 4.09. The van der Waals surface area contributed by atoms with Gasteiger partial charge in [-0.15, -0.1) is 0 Å². The van der Waals surface area contributed by atoms with Crippen LogP contribution in [0, 0.1) is 6.92 Å². The summed E-state index contributed by atoms with van der Waals surface area (Å²) in [6.45, 7) is 1.92. The van der Waals surface area contributed by atoms with Crippen LogP contribution in [0.5, 0.6) is 0 Å². The molecular formula is C8H9ClN2O. The Kier molecular flexibility index (Phi) is 3.08. The van der Waals surface area contributed by atoms with Crippen molar-refractivity contribution in [2.45, 2.75) is 6.92 Å². The van der Waals surface area contributed by atoms with Crippen molar-refractivity contribution in [2.75, 3.05) is 0 Å². The Labute approximate surface area is 75.7 Å². The lowest BCUT2D eigenvalue weighted by molar-refractivity contribution is 0.240. The smallest absolute Gasteiger partial charge is 0.113 e. The van der Waals surface area contributed by atoms with Crippen molar-refractivity contribution < 1.29 is 5.21 Å². The van der Waals surface area contributed by atoms with Crippen molar-refractivity contribution in [1.29, 1.82) is 0 Å². The van der Waals surface area contributed by atoms with Gasteiger partial charge in [0.1, 0.15) is 6.34 Å². The zero-order chi connectivity index (χ0) is 8.97. The minimum Gasteiger partial charge on any atom is -0.290 e. The van der Waals surface area contributed by atoms with Gasteiger partial charge < -0.3 is 0 Å². The van der Waals surface area contributed by atoms with E-state index in [-0.39, 0.29) is 0 Å². The number of nitrogens with one attached hydrogen (secondary N) is 1. The predicted octanol–water partition coefficient (Wildman–Crippen LogP) is 2.29. The average Bonchev–Trinajstić information content (AvgIpc) is 2.07. The topological polar surface area (TPSA) is 44.6 Å². The number of nitrogens with zero attached hydrogens (tertiary/aromatic N) is 1. The number of hydroxylamine groups is 1. The molecule has 0 bridgehead atoms. The summed E-state index contributed by atoms with van der Waals surface area (Å²) in [4.78, 5) is 3.86. The lowest BCUT2D eigenvalue weighted by Gasteiger charge is -1.97. The van der Waals surface area contributed by atoms with E-state index in [1.807, 2.05) is 24.5 Å². The van der Waals surface area contributed by atoms with E-state index in [2.05, 4.69) is 4.99 Å². The zero-order valence-electron chi connectivity index (χ0n) is 6.58. The number of hydrogen-bond donors (Lipinski definition) is 2. The SMILES string of the molecule is Cc1ccc(N=CNO)cc1Cl. The van der Waals surface area contributed by atoms with Crippen LogP contribution < -0.4 is 5.48 Å². The number of halogens is 1. The van der Waals surface area contributed by atoms with Gasteiger partial charge in [0.2, 0.25) is 0 Å². The molecule has 1 aromatic rings. The standard InChI is InChI=1S/C8H9ClN2O/c1-6-2-3-7(4-8(6)9)10-5-11-12/h2-5,12H,1H3,(H,10,11). The highest BCUT2D eigenvalue weighted by Crippen LogP contribution is 2.21. The molecule has 0 saturated carbocycles. The van der Waals surface area contributed by atoms with Gasteiger partial charge in [0.05, 0.1) is 5.69 Å². The third-order valence-electron chi connectivity index (χ3n) is 1.43. The summed E-state index contributed by atoms with van der Waals surface area (Å²) in [6, 6.07) is 5.41. The van der Waals surface area contributed by atoms with Gasteiger partial charge in [-0.3, -0.25) is 10.7 Å². The third kappa shape index (κ3) is 2.22. The molecule has 0 amide bonds. The van der Waals surface area contributed by atoms with Crippen LogP contribution in [0.25, 0.3) is 0 Å². The summed E-state index contributed by atoms with van der Waals surface area (Å²) in [5.41, 5.74) is 3.52. The molecule has 1 aromatic carbocycles. The van der Waals surface area contributed by atoms with Crippen molar-refractivity contribution in [3.63, 3.8) is 0 Å². The number of hydrogen-bond acceptors (Lipinski definition) is 2. The van der Waals surface area contributed by atoms with Gasteiger partial charge in [-0.25, -0.2) is 4.99 Å². The fraction of sp³-hybridized carbons (Fsp3) is 0.125. The average molecular weight is 185 g/mol. The van der Waals surface area contributed by atoms with Gasteiger partial charge in [-0.1, -0.05) is 17.7 Å². The lowest BCUT2D eigenvalue weighted by atomic mass is 10.2. The van der Waals surface area contributed by atoms with Crippen molar-refractivity contribution in [3.8, 4) is 0 Å². The summed E-state index contributed by atoms with van der Waals surface area (Å²) in [5, 5.41) is 8.89. The Morgan fingerprint density at radius 3 is 2.92 bits per heavy atom. The molecule has 0 unspecified atom stereocenters. The minimum atomic E-state index is 0.669. The van der Waals surface area contributed by atoms with Crippen molar-refractivity contribution in [2.24, 2.45) is 4.99 Å². The molecule has 0 radical (unpaired) electrons. The summed E-state index contributed by atoms with van der Waals surface area (Å²) in [7, 11) is 0. The molecule has 12 heavy (non-hydrogen) atoms. The van der Waals surface area contributed by atoms with Gasteiger partial charge in [0.15, 0.2) is 0 Å². The zero-order valence-corrected chi connectivity index (χ0v) is 7.34. The summed E-state index contributed by atoms with van der Waals surface area (Å²) in [6.07, 6.45) is 1.18. The molecule has 0 heterocycles. The first-order chi connectivity index (χ1) is 5.74. The molecule has 0 aliphatic carbocycles. The molecule has 4 heteroatoms. The maximum atomic E-state index is 8.22. The van der Waals surface area contributed by atoms with Crippen LogP contribution in [-0.4, -0.2) is 11.5 Å². The van der Waals surface area contributed by atoms with Crippen LogP contribution in [0.4, 0.5) is 5.69 Å². The van der Waals surface area contributed by atoms with Crippen molar-refractivity contribution in [3.05, 3.63) is 28.8 Å². The molecule has 0 aliphatic rings. The lowest BCUT2D eigenvalue weighted by Crippen LogP contribution is -2.00. The molecule has 3 nitrogen and oxygen atoms in total. The fourth-order valence-corrected chi connectivity index (χ4v) is 0.940. The second-order valence-corrected chi connectivity index (χ2v) is 2.73. The number of benzene rings is 1. The third-order valence-corrected chi connectivity index (χ3v) is 1.83. The van der Waals surface area contributed by atoms with Gasteiger partial charge in [0, 0.05) is 5.02 Å². The summed E-state index contributed by atoms with van der Waals surface area (Å²) >= 11 is 5.84. The summed E-state index contributed by atoms with van der Waals surface area (Å²) < 4.78 is 0. The fourth-order valence-electron chi connectivity index (χ4n) is 0.765. The first-order valence-corrected chi connectivity index (χ1v) is 3.80. The largest absolute Gasteiger partial charge is 0.290 e. The van der Waals surface area contributed by atoms with Gasteiger partial charge in [0.25, 0.3) is 0 Å². The first kappa shape index (κ1) is 9.03. The maximum Gasteiger partial charge on any atom is 0.113 e. The monoisotopic (exact) mass is 184 g/mol. The van der Waals surface area contributed by atoms with Crippen LogP contribution in [0.2, 0.25) is 5.02 Å². The predicted molar refractivity (Wildman–Crippen MR) is 49.3 cm³/mol. The quantitative estimate of drug-likeness (QED) is 0.421. The Balaban J connectivity index is 2.89. The van der Waals surface area contributed by atoms with Crippen LogP contribution in [-0.2, 0) is 0 Å². The van der Waals surface area contributed by atoms with Crippen molar-refractivity contribution >= 4 is 23.6 Å².